The van der Waals surface area contributed by atoms with Crippen molar-refractivity contribution in [2.24, 2.45) is 7.05 Å². The summed E-state index contributed by atoms with van der Waals surface area (Å²) in [4.78, 5) is 13.8. The van der Waals surface area contributed by atoms with E-state index in [2.05, 4.69) is 10.00 Å². The lowest BCUT2D eigenvalue weighted by molar-refractivity contribution is 0.209. The molecular formula is C14H17ClN4O2. The predicted molar refractivity (Wildman–Crippen MR) is 79.4 cm³/mol. The largest absolute Gasteiger partial charge is 0.503 e. The molecular weight excluding hydrogens is 292 g/mol. The van der Waals surface area contributed by atoms with E-state index in [1.165, 1.54) is 12.3 Å². The summed E-state index contributed by atoms with van der Waals surface area (Å²) >= 11 is 6.27. The maximum Gasteiger partial charge on any atom is 0.223 e. The third-order valence-electron chi connectivity index (χ3n) is 3.89. The van der Waals surface area contributed by atoms with Crippen molar-refractivity contribution in [2.45, 2.75) is 26.6 Å². The smallest absolute Gasteiger partial charge is 0.223 e. The summed E-state index contributed by atoms with van der Waals surface area (Å²) in [5.74, 6) is -0.196. The Morgan fingerprint density at radius 2 is 2.19 bits per heavy atom. The molecule has 1 N–H and O–H groups in total. The summed E-state index contributed by atoms with van der Waals surface area (Å²) in [6, 6.07) is 1.50. The minimum absolute atomic E-state index is 0.196. The van der Waals surface area contributed by atoms with Crippen molar-refractivity contribution in [2.75, 3.05) is 6.54 Å². The van der Waals surface area contributed by atoms with Crippen molar-refractivity contribution in [3.05, 3.63) is 44.6 Å². The summed E-state index contributed by atoms with van der Waals surface area (Å²) in [6.45, 7) is 4.87. The van der Waals surface area contributed by atoms with E-state index >= 15 is 0 Å². The van der Waals surface area contributed by atoms with E-state index in [0.29, 0.717) is 18.2 Å². The number of aromatic hydroxyl groups is 1. The van der Waals surface area contributed by atoms with E-state index in [-0.39, 0.29) is 11.2 Å². The van der Waals surface area contributed by atoms with E-state index < -0.39 is 0 Å². The first-order chi connectivity index (χ1) is 9.95. The molecule has 3 rings (SSSR count). The second-order valence-corrected chi connectivity index (χ2v) is 5.75. The van der Waals surface area contributed by atoms with Gasteiger partial charge < -0.3 is 9.67 Å². The second kappa shape index (κ2) is 5.20. The van der Waals surface area contributed by atoms with Crippen LogP contribution in [0.2, 0.25) is 5.15 Å². The third-order valence-corrected chi connectivity index (χ3v) is 4.36. The third kappa shape index (κ3) is 2.56. The van der Waals surface area contributed by atoms with Gasteiger partial charge in [-0.05, 0) is 6.92 Å². The van der Waals surface area contributed by atoms with Gasteiger partial charge in [0.05, 0.1) is 11.9 Å². The fourth-order valence-electron chi connectivity index (χ4n) is 2.72. The van der Waals surface area contributed by atoms with E-state index in [4.69, 9.17) is 11.6 Å². The Morgan fingerprint density at radius 3 is 2.86 bits per heavy atom. The molecule has 0 aromatic carbocycles. The molecule has 0 atom stereocenters. The van der Waals surface area contributed by atoms with Crippen LogP contribution in [0.3, 0.4) is 0 Å². The molecule has 7 heteroatoms. The highest BCUT2D eigenvalue weighted by Crippen LogP contribution is 2.23. The molecule has 112 valence electrons. The van der Waals surface area contributed by atoms with Crippen molar-refractivity contribution in [3.63, 3.8) is 0 Å². The van der Waals surface area contributed by atoms with Crippen LogP contribution in [0, 0.1) is 6.92 Å². The highest BCUT2D eigenvalue weighted by Gasteiger charge is 2.20. The summed E-state index contributed by atoms with van der Waals surface area (Å²) in [5, 5.41) is 14.4. The van der Waals surface area contributed by atoms with E-state index in [0.717, 1.165) is 30.0 Å². The number of halogens is 1. The Kier molecular flexibility index (Phi) is 3.51. The number of aryl methyl sites for hydroxylation is 2. The zero-order valence-electron chi connectivity index (χ0n) is 12.0. The molecule has 1 aliphatic rings. The lowest BCUT2D eigenvalue weighted by atomic mass is 10.2. The maximum absolute atomic E-state index is 11.6. The first-order valence-corrected chi connectivity index (χ1v) is 7.16. The van der Waals surface area contributed by atoms with Crippen LogP contribution >= 0.6 is 11.6 Å². The van der Waals surface area contributed by atoms with Crippen LogP contribution in [-0.2, 0) is 26.7 Å². The monoisotopic (exact) mass is 308 g/mol. The standard InChI is InChI=1S/C14H17ClN4O2/c1-9-11(14(15)17(2)16-9)7-18-3-4-19-8-13(21)12(20)5-10(19)6-18/h5,8,21H,3-4,6-7H2,1-2H3. The molecule has 0 amide bonds. The van der Waals surface area contributed by atoms with Crippen LogP contribution in [0.1, 0.15) is 17.0 Å². The van der Waals surface area contributed by atoms with Gasteiger partial charge >= 0.3 is 0 Å². The van der Waals surface area contributed by atoms with Gasteiger partial charge in [-0.25, -0.2) is 0 Å². The van der Waals surface area contributed by atoms with Crippen LogP contribution in [0.15, 0.2) is 17.1 Å². The first kappa shape index (κ1) is 14.2. The minimum atomic E-state index is -0.335. The number of nitrogens with zero attached hydrogens (tertiary/aromatic N) is 4. The van der Waals surface area contributed by atoms with Gasteiger partial charge in [-0.1, -0.05) is 11.6 Å². The number of pyridine rings is 1. The average molecular weight is 309 g/mol. The number of rotatable bonds is 2. The fourth-order valence-corrected chi connectivity index (χ4v) is 2.95. The molecule has 0 radical (unpaired) electrons. The van der Waals surface area contributed by atoms with Gasteiger partial charge in [0.15, 0.2) is 5.75 Å². The van der Waals surface area contributed by atoms with Gasteiger partial charge in [0, 0.05) is 50.6 Å². The van der Waals surface area contributed by atoms with Crippen molar-refractivity contribution in [3.8, 4) is 5.75 Å². The fraction of sp³-hybridized carbons (Fsp3) is 0.429. The van der Waals surface area contributed by atoms with Gasteiger partial charge in [-0.2, -0.15) is 5.10 Å². The number of fused-ring (bicyclic) bond motifs is 1. The Balaban J connectivity index is 1.83. The van der Waals surface area contributed by atoms with Crippen LogP contribution in [0.4, 0.5) is 0 Å². The van der Waals surface area contributed by atoms with Crippen LogP contribution in [0.25, 0.3) is 0 Å². The Labute approximate surface area is 127 Å². The molecule has 0 bridgehead atoms. The lowest BCUT2D eigenvalue weighted by Gasteiger charge is -2.30. The van der Waals surface area contributed by atoms with Crippen molar-refractivity contribution in [1.82, 2.24) is 19.2 Å². The highest BCUT2D eigenvalue weighted by molar-refractivity contribution is 6.30. The van der Waals surface area contributed by atoms with Crippen molar-refractivity contribution in [1.29, 1.82) is 0 Å². The summed E-state index contributed by atoms with van der Waals surface area (Å²) < 4.78 is 3.59. The van der Waals surface area contributed by atoms with Gasteiger partial charge in [0.1, 0.15) is 5.15 Å². The Hall–Kier alpha value is -1.79. The van der Waals surface area contributed by atoms with Crippen molar-refractivity contribution >= 4 is 11.6 Å². The van der Waals surface area contributed by atoms with Gasteiger partial charge in [-0.15, -0.1) is 0 Å². The molecule has 1 aliphatic heterocycles. The van der Waals surface area contributed by atoms with Gasteiger partial charge in [0.2, 0.25) is 5.43 Å². The normalized spacial score (nSPS) is 15.2. The van der Waals surface area contributed by atoms with E-state index in [9.17, 15) is 9.90 Å². The number of aromatic nitrogens is 3. The molecule has 2 aromatic heterocycles. The molecule has 0 fully saturated rings. The Morgan fingerprint density at radius 1 is 1.43 bits per heavy atom. The van der Waals surface area contributed by atoms with E-state index in [1.54, 1.807) is 4.68 Å². The SMILES string of the molecule is Cc1nn(C)c(Cl)c1CN1CCn2cc(O)c(=O)cc2C1. The molecule has 0 aliphatic carbocycles. The molecule has 0 saturated heterocycles. The molecule has 0 unspecified atom stereocenters. The Bertz CT molecular complexity index is 750. The molecule has 21 heavy (non-hydrogen) atoms. The quantitative estimate of drug-likeness (QED) is 0.907. The van der Waals surface area contributed by atoms with Gasteiger partial charge in [0.25, 0.3) is 0 Å². The predicted octanol–water partition coefficient (Wildman–Crippen LogP) is 1.27. The minimum Gasteiger partial charge on any atom is -0.503 e. The van der Waals surface area contributed by atoms with E-state index in [1.807, 2.05) is 18.5 Å². The molecule has 0 spiro atoms. The average Bonchev–Trinajstić information content (AvgIpc) is 2.67. The molecule has 6 nitrogen and oxygen atoms in total. The molecule has 0 saturated carbocycles. The lowest BCUT2D eigenvalue weighted by Crippen LogP contribution is -2.34. The molecule has 3 heterocycles. The van der Waals surface area contributed by atoms with Crippen molar-refractivity contribution < 1.29 is 5.11 Å². The summed E-state index contributed by atoms with van der Waals surface area (Å²) in [6.07, 6.45) is 1.51. The second-order valence-electron chi connectivity index (χ2n) is 5.40. The van der Waals surface area contributed by atoms with Crippen LogP contribution < -0.4 is 5.43 Å². The number of hydrogen-bond donors (Lipinski definition) is 1. The number of hydrogen-bond acceptors (Lipinski definition) is 4. The zero-order chi connectivity index (χ0) is 15.1. The van der Waals surface area contributed by atoms with Crippen LogP contribution in [0.5, 0.6) is 5.75 Å². The van der Waals surface area contributed by atoms with Gasteiger partial charge in [-0.3, -0.25) is 14.4 Å². The summed E-state index contributed by atoms with van der Waals surface area (Å²) in [5.41, 5.74) is 2.52. The first-order valence-electron chi connectivity index (χ1n) is 6.78. The van der Waals surface area contributed by atoms with Crippen LogP contribution in [-0.4, -0.2) is 30.9 Å². The topological polar surface area (TPSA) is 63.3 Å². The highest BCUT2D eigenvalue weighted by atomic mass is 35.5. The molecule has 2 aromatic rings. The zero-order valence-corrected chi connectivity index (χ0v) is 12.8. The summed E-state index contributed by atoms with van der Waals surface area (Å²) in [7, 11) is 1.83. The maximum atomic E-state index is 11.6.